The molecule has 1 aromatic carbocycles. The minimum absolute atomic E-state index is 0.0492. The molecule has 0 radical (unpaired) electrons. The van der Waals surface area contributed by atoms with E-state index >= 15 is 0 Å². The second-order valence-corrected chi connectivity index (χ2v) is 3.03. The number of benzene rings is 1. The molecule has 0 bridgehead atoms. The van der Waals surface area contributed by atoms with E-state index in [4.69, 9.17) is 11.6 Å². The van der Waals surface area contributed by atoms with Gasteiger partial charge in [-0.1, -0.05) is 11.6 Å². The summed E-state index contributed by atoms with van der Waals surface area (Å²) in [7, 11) is 0. The second-order valence-electron chi connectivity index (χ2n) is 2.62. The van der Waals surface area contributed by atoms with Gasteiger partial charge in [0.25, 0.3) is 0 Å². The van der Waals surface area contributed by atoms with Gasteiger partial charge in [-0.25, -0.2) is 4.79 Å². The summed E-state index contributed by atoms with van der Waals surface area (Å²) < 4.78 is 4.67. The summed E-state index contributed by atoms with van der Waals surface area (Å²) >= 11 is 5.80. The highest BCUT2D eigenvalue weighted by Gasteiger charge is 2.20. The van der Waals surface area contributed by atoms with Crippen LogP contribution in [-0.2, 0) is 11.3 Å². The van der Waals surface area contributed by atoms with E-state index in [1.165, 1.54) is 12.1 Å². The van der Waals surface area contributed by atoms with Crippen molar-refractivity contribution in [3.05, 3.63) is 22.7 Å². The van der Waals surface area contributed by atoms with Crippen LogP contribution in [0.4, 0.5) is 10.5 Å². The van der Waals surface area contributed by atoms with Crippen molar-refractivity contribution in [1.29, 1.82) is 0 Å². The maximum absolute atomic E-state index is 10.8. The predicted molar refractivity (Wildman–Crippen MR) is 46.9 cm³/mol. The fourth-order valence-corrected chi connectivity index (χ4v) is 1.39. The molecule has 0 unspecified atom stereocenters. The summed E-state index contributed by atoms with van der Waals surface area (Å²) in [6.07, 6.45) is -0.556. The number of cyclic esters (lactones) is 1. The molecule has 1 amide bonds. The molecule has 0 fully saturated rings. The van der Waals surface area contributed by atoms with Gasteiger partial charge in [-0.05, 0) is 12.1 Å². The van der Waals surface area contributed by atoms with E-state index in [2.05, 4.69) is 10.1 Å². The zero-order valence-electron chi connectivity index (χ0n) is 6.50. The molecule has 0 aliphatic carbocycles. The Bertz CT molecular complexity index is 378. The van der Waals surface area contributed by atoms with Crippen molar-refractivity contribution in [2.45, 2.75) is 6.61 Å². The van der Waals surface area contributed by atoms with Crippen LogP contribution in [0, 0.1) is 0 Å². The van der Waals surface area contributed by atoms with Gasteiger partial charge < -0.3 is 9.84 Å². The molecule has 1 aliphatic heterocycles. The number of hydrogen-bond acceptors (Lipinski definition) is 3. The molecular formula is C8H6ClNO3. The lowest BCUT2D eigenvalue weighted by Gasteiger charge is -2.19. The van der Waals surface area contributed by atoms with Gasteiger partial charge in [0.05, 0.1) is 16.3 Å². The van der Waals surface area contributed by atoms with Crippen LogP contribution in [0.2, 0.25) is 5.02 Å². The number of fused-ring (bicyclic) bond motifs is 1. The Labute approximate surface area is 79.1 Å². The van der Waals surface area contributed by atoms with E-state index in [0.717, 1.165) is 0 Å². The standard InChI is InChI=1S/C8H6ClNO3/c9-5-1-2-6(11)4-3-13-8(12)10-7(4)5/h1-2,11H,3H2,(H,10,12). The third kappa shape index (κ3) is 1.29. The molecule has 0 saturated heterocycles. The number of aromatic hydroxyl groups is 1. The van der Waals surface area contributed by atoms with E-state index in [0.29, 0.717) is 16.3 Å². The number of hydrogen-bond donors (Lipinski definition) is 2. The molecule has 2 N–H and O–H groups in total. The average molecular weight is 200 g/mol. The lowest BCUT2D eigenvalue weighted by molar-refractivity contribution is 0.150. The maximum Gasteiger partial charge on any atom is 0.412 e. The van der Waals surface area contributed by atoms with Crippen molar-refractivity contribution in [1.82, 2.24) is 0 Å². The summed E-state index contributed by atoms with van der Waals surface area (Å²) in [5, 5.41) is 12.2. The highest BCUT2D eigenvalue weighted by atomic mass is 35.5. The minimum atomic E-state index is -0.556. The van der Waals surface area contributed by atoms with Gasteiger partial charge in [-0.3, -0.25) is 5.32 Å². The zero-order chi connectivity index (χ0) is 9.42. The van der Waals surface area contributed by atoms with Crippen LogP contribution in [0.3, 0.4) is 0 Å². The van der Waals surface area contributed by atoms with Gasteiger partial charge in [-0.2, -0.15) is 0 Å². The number of halogens is 1. The number of carbonyl (C=O) groups excluding carboxylic acids is 1. The highest BCUT2D eigenvalue weighted by Crippen LogP contribution is 2.35. The molecule has 0 aromatic heterocycles. The molecule has 2 rings (SSSR count). The molecule has 5 heteroatoms. The Kier molecular flexibility index (Phi) is 1.77. The van der Waals surface area contributed by atoms with Gasteiger partial charge in [0.2, 0.25) is 0 Å². The van der Waals surface area contributed by atoms with Crippen LogP contribution >= 0.6 is 11.6 Å². The summed E-state index contributed by atoms with van der Waals surface area (Å²) in [4.78, 5) is 10.8. The zero-order valence-corrected chi connectivity index (χ0v) is 7.26. The number of phenols is 1. The van der Waals surface area contributed by atoms with Crippen molar-refractivity contribution in [3.8, 4) is 5.75 Å². The molecule has 68 valence electrons. The molecule has 0 atom stereocenters. The van der Waals surface area contributed by atoms with Crippen molar-refractivity contribution in [3.63, 3.8) is 0 Å². The quantitative estimate of drug-likeness (QED) is 0.673. The van der Waals surface area contributed by atoms with Gasteiger partial charge in [0.15, 0.2) is 0 Å². The molecule has 0 spiro atoms. The van der Waals surface area contributed by atoms with E-state index in [1.54, 1.807) is 0 Å². The van der Waals surface area contributed by atoms with Crippen LogP contribution in [-0.4, -0.2) is 11.2 Å². The Morgan fingerprint density at radius 2 is 2.31 bits per heavy atom. The van der Waals surface area contributed by atoms with E-state index < -0.39 is 6.09 Å². The molecule has 1 heterocycles. The van der Waals surface area contributed by atoms with Crippen LogP contribution < -0.4 is 5.32 Å². The predicted octanol–water partition coefficient (Wildman–Crippen LogP) is 2.11. The van der Waals surface area contributed by atoms with Gasteiger partial charge in [0, 0.05) is 0 Å². The summed E-state index contributed by atoms with van der Waals surface area (Å²) in [5.41, 5.74) is 0.935. The normalized spacial score (nSPS) is 14.4. The molecule has 13 heavy (non-hydrogen) atoms. The molecule has 1 aromatic rings. The van der Waals surface area contributed by atoms with Crippen molar-refractivity contribution in [2.24, 2.45) is 0 Å². The Morgan fingerprint density at radius 1 is 1.54 bits per heavy atom. The van der Waals surface area contributed by atoms with Gasteiger partial charge in [-0.15, -0.1) is 0 Å². The van der Waals surface area contributed by atoms with Crippen LogP contribution in [0.15, 0.2) is 12.1 Å². The average Bonchev–Trinajstić information content (AvgIpc) is 2.12. The fourth-order valence-electron chi connectivity index (χ4n) is 1.17. The molecule has 4 nitrogen and oxygen atoms in total. The number of amides is 1. The number of nitrogens with one attached hydrogen (secondary N) is 1. The molecule has 1 aliphatic rings. The number of phenolic OH excluding ortho intramolecular Hbond substituents is 1. The summed E-state index contributed by atoms with van der Waals surface area (Å²) in [6.45, 7) is 0.0492. The van der Waals surface area contributed by atoms with Crippen molar-refractivity contribution >= 4 is 23.4 Å². The largest absolute Gasteiger partial charge is 0.507 e. The van der Waals surface area contributed by atoms with Crippen LogP contribution in [0.5, 0.6) is 5.75 Å². The van der Waals surface area contributed by atoms with Crippen LogP contribution in [0.25, 0.3) is 0 Å². The van der Waals surface area contributed by atoms with E-state index in [9.17, 15) is 9.90 Å². The Balaban J connectivity index is 2.57. The lowest BCUT2D eigenvalue weighted by Crippen LogP contribution is -2.20. The summed E-state index contributed by atoms with van der Waals surface area (Å²) in [5.74, 6) is 0.0689. The van der Waals surface area contributed by atoms with Gasteiger partial charge >= 0.3 is 6.09 Å². The number of carbonyl (C=O) groups is 1. The minimum Gasteiger partial charge on any atom is -0.507 e. The smallest absolute Gasteiger partial charge is 0.412 e. The number of rotatable bonds is 0. The number of ether oxygens (including phenoxy) is 1. The molecule has 0 saturated carbocycles. The first-order valence-corrected chi connectivity index (χ1v) is 4.00. The Hall–Kier alpha value is -1.42. The lowest BCUT2D eigenvalue weighted by atomic mass is 10.1. The number of anilines is 1. The Morgan fingerprint density at radius 3 is 3.08 bits per heavy atom. The first kappa shape index (κ1) is 8.19. The summed E-state index contributed by atoms with van der Waals surface area (Å²) in [6, 6.07) is 2.98. The molecular weight excluding hydrogens is 194 g/mol. The van der Waals surface area contributed by atoms with Crippen LogP contribution in [0.1, 0.15) is 5.56 Å². The van der Waals surface area contributed by atoms with Crippen molar-refractivity contribution < 1.29 is 14.6 Å². The van der Waals surface area contributed by atoms with Gasteiger partial charge in [0.1, 0.15) is 12.4 Å². The second kappa shape index (κ2) is 2.81. The first-order valence-electron chi connectivity index (χ1n) is 3.62. The SMILES string of the molecule is O=C1Nc2c(Cl)ccc(O)c2CO1. The highest BCUT2D eigenvalue weighted by molar-refractivity contribution is 6.34. The topological polar surface area (TPSA) is 58.6 Å². The van der Waals surface area contributed by atoms with Crippen molar-refractivity contribution in [2.75, 3.05) is 5.32 Å². The van der Waals surface area contributed by atoms with E-state index in [-0.39, 0.29) is 12.4 Å². The van der Waals surface area contributed by atoms with E-state index in [1.807, 2.05) is 0 Å². The third-order valence-electron chi connectivity index (χ3n) is 1.81. The fraction of sp³-hybridized carbons (Fsp3) is 0.125. The monoisotopic (exact) mass is 199 g/mol. The first-order chi connectivity index (χ1) is 6.18. The maximum atomic E-state index is 10.8. The third-order valence-corrected chi connectivity index (χ3v) is 2.13.